The van der Waals surface area contributed by atoms with Crippen LogP contribution in [0.1, 0.15) is 45.4 Å². The fraction of sp³-hybridized carbons (Fsp3) is 0.909. The van der Waals surface area contributed by atoms with E-state index in [1.165, 1.54) is 0 Å². The SMILES string of the molecule is CCC1CCCCCC1C(F)C(=O)O. The van der Waals surface area contributed by atoms with Crippen molar-refractivity contribution in [1.82, 2.24) is 0 Å². The minimum Gasteiger partial charge on any atom is -0.479 e. The van der Waals surface area contributed by atoms with Crippen LogP contribution in [0.5, 0.6) is 0 Å². The smallest absolute Gasteiger partial charge is 0.338 e. The number of hydrogen-bond acceptors (Lipinski definition) is 1. The summed E-state index contributed by atoms with van der Waals surface area (Å²) in [5.41, 5.74) is 0. The Hall–Kier alpha value is -0.600. The maximum absolute atomic E-state index is 13.4. The van der Waals surface area contributed by atoms with Crippen molar-refractivity contribution in [2.24, 2.45) is 11.8 Å². The molecule has 3 atom stereocenters. The van der Waals surface area contributed by atoms with Crippen LogP contribution in [0.4, 0.5) is 4.39 Å². The molecule has 3 unspecified atom stereocenters. The summed E-state index contributed by atoms with van der Waals surface area (Å²) in [6.07, 6.45) is 4.22. The van der Waals surface area contributed by atoms with Gasteiger partial charge in [-0.05, 0) is 12.3 Å². The molecule has 0 bridgehead atoms. The Morgan fingerprint density at radius 3 is 2.64 bits per heavy atom. The van der Waals surface area contributed by atoms with Crippen LogP contribution in [0, 0.1) is 11.8 Å². The highest BCUT2D eigenvalue weighted by molar-refractivity contribution is 5.72. The molecule has 0 aromatic heterocycles. The van der Waals surface area contributed by atoms with Crippen LogP contribution >= 0.6 is 0 Å². The molecule has 1 aliphatic rings. The van der Waals surface area contributed by atoms with Crippen LogP contribution in [0.25, 0.3) is 0 Å². The van der Waals surface area contributed by atoms with Crippen molar-refractivity contribution in [3.8, 4) is 0 Å². The Balaban J connectivity index is 2.64. The first-order chi connectivity index (χ1) is 6.66. The van der Waals surface area contributed by atoms with Crippen LogP contribution < -0.4 is 0 Å². The zero-order chi connectivity index (χ0) is 10.6. The zero-order valence-corrected chi connectivity index (χ0v) is 8.71. The maximum Gasteiger partial charge on any atom is 0.338 e. The largest absolute Gasteiger partial charge is 0.479 e. The van der Waals surface area contributed by atoms with Gasteiger partial charge in [-0.25, -0.2) is 9.18 Å². The van der Waals surface area contributed by atoms with Gasteiger partial charge < -0.3 is 5.11 Å². The van der Waals surface area contributed by atoms with Crippen molar-refractivity contribution in [3.05, 3.63) is 0 Å². The second kappa shape index (κ2) is 5.32. The third-order valence-electron chi connectivity index (χ3n) is 3.35. The standard InChI is InChI=1S/C11H19FO2/c1-2-8-6-4-3-5-7-9(8)10(12)11(13)14/h8-10H,2-7H2,1H3,(H,13,14). The molecule has 1 rings (SSSR count). The van der Waals surface area contributed by atoms with E-state index in [2.05, 4.69) is 0 Å². The summed E-state index contributed by atoms with van der Waals surface area (Å²) in [7, 11) is 0. The van der Waals surface area contributed by atoms with Crippen molar-refractivity contribution in [2.45, 2.75) is 51.6 Å². The van der Waals surface area contributed by atoms with Crippen LogP contribution in [0.2, 0.25) is 0 Å². The minimum atomic E-state index is -1.65. The number of hydrogen-bond donors (Lipinski definition) is 1. The first kappa shape index (κ1) is 11.5. The molecule has 82 valence electrons. The van der Waals surface area contributed by atoms with Gasteiger partial charge in [0, 0.05) is 5.92 Å². The predicted octanol–water partition coefficient (Wildman–Crippen LogP) is 3.02. The van der Waals surface area contributed by atoms with E-state index in [9.17, 15) is 9.18 Å². The summed E-state index contributed by atoms with van der Waals surface area (Å²) >= 11 is 0. The number of alkyl halides is 1. The molecule has 0 radical (unpaired) electrons. The van der Waals surface area contributed by atoms with Gasteiger partial charge in [-0.3, -0.25) is 0 Å². The van der Waals surface area contributed by atoms with Gasteiger partial charge in [-0.15, -0.1) is 0 Å². The zero-order valence-electron chi connectivity index (χ0n) is 8.71. The lowest BCUT2D eigenvalue weighted by molar-refractivity contribution is -0.146. The van der Waals surface area contributed by atoms with Crippen molar-refractivity contribution >= 4 is 5.97 Å². The van der Waals surface area contributed by atoms with Crippen LogP contribution in [-0.4, -0.2) is 17.2 Å². The number of aliphatic carboxylic acids is 1. The summed E-state index contributed by atoms with van der Waals surface area (Å²) in [6.45, 7) is 2.03. The van der Waals surface area contributed by atoms with Gasteiger partial charge in [-0.1, -0.05) is 39.0 Å². The maximum atomic E-state index is 13.4. The normalized spacial score (nSPS) is 30.7. The van der Waals surface area contributed by atoms with Crippen molar-refractivity contribution < 1.29 is 14.3 Å². The second-order valence-corrected chi connectivity index (χ2v) is 4.21. The third kappa shape index (κ3) is 2.69. The van der Waals surface area contributed by atoms with Crippen molar-refractivity contribution in [2.75, 3.05) is 0 Å². The molecule has 1 aliphatic carbocycles. The van der Waals surface area contributed by atoms with Crippen molar-refractivity contribution in [1.29, 1.82) is 0 Å². The molecule has 0 heterocycles. The molecule has 0 aliphatic heterocycles. The molecule has 0 aromatic carbocycles. The van der Waals surface area contributed by atoms with Gasteiger partial charge >= 0.3 is 5.97 Å². The molecule has 3 heteroatoms. The lowest BCUT2D eigenvalue weighted by atomic mass is 9.82. The topological polar surface area (TPSA) is 37.3 Å². The number of carboxylic acid groups (broad SMARTS) is 1. The van der Waals surface area contributed by atoms with Crippen LogP contribution in [0.3, 0.4) is 0 Å². The molecule has 0 spiro atoms. The molecular weight excluding hydrogens is 183 g/mol. The van der Waals surface area contributed by atoms with Crippen LogP contribution in [0.15, 0.2) is 0 Å². The molecule has 0 aromatic rings. The lowest BCUT2D eigenvalue weighted by Crippen LogP contribution is -2.30. The van der Waals surface area contributed by atoms with E-state index in [-0.39, 0.29) is 11.8 Å². The second-order valence-electron chi connectivity index (χ2n) is 4.21. The van der Waals surface area contributed by atoms with E-state index >= 15 is 0 Å². The molecule has 1 saturated carbocycles. The van der Waals surface area contributed by atoms with E-state index in [4.69, 9.17) is 5.11 Å². The van der Waals surface area contributed by atoms with Gasteiger partial charge in [0.2, 0.25) is 0 Å². The minimum absolute atomic E-state index is 0.250. The summed E-state index contributed by atoms with van der Waals surface area (Å²) < 4.78 is 13.4. The van der Waals surface area contributed by atoms with E-state index in [1.807, 2.05) is 6.92 Å². The van der Waals surface area contributed by atoms with E-state index in [0.717, 1.165) is 38.5 Å². The monoisotopic (exact) mass is 202 g/mol. The number of rotatable bonds is 3. The average Bonchev–Trinajstić information content (AvgIpc) is 2.40. The van der Waals surface area contributed by atoms with Gasteiger partial charge in [0.1, 0.15) is 0 Å². The summed E-state index contributed by atoms with van der Waals surface area (Å²) in [5, 5.41) is 8.66. The quantitative estimate of drug-likeness (QED) is 0.714. The highest BCUT2D eigenvalue weighted by Crippen LogP contribution is 2.34. The third-order valence-corrected chi connectivity index (χ3v) is 3.35. The molecule has 1 N–H and O–H groups in total. The highest BCUT2D eigenvalue weighted by Gasteiger charge is 2.33. The predicted molar refractivity (Wildman–Crippen MR) is 52.9 cm³/mol. The molecule has 1 fully saturated rings. The number of carbonyl (C=O) groups is 1. The number of halogens is 1. The Morgan fingerprint density at radius 2 is 2.07 bits per heavy atom. The Labute approximate surface area is 84.5 Å². The summed E-state index contributed by atoms with van der Waals surface area (Å²) in [6, 6.07) is 0. The Morgan fingerprint density at radius 1 is 1.43 bits per heavy atom. The van der Waals surface area contributed by atoms with E-state index in [0.29, 0.717) is 0 Å². The van der Waals surface area contributed by atoms with Gasteiger partial charge in [0.15, 0.2) is 6.17 Å². The molecular formula is C11H19FO2. The molecule has 2 nitrogen and oxygen atoms in total. The fourth-order valence-corrected chi connectivity index (χ4v) is 2.49. The van der Waals surface area contributed by atoms with Gasteiger partial charge in [-0.2, -0.15) is 0 Å². The summed E-state index contributed by atoms with van der Waals surface area (Å²) in [5.74, 6) is -1.26. The Bertz CT molecular complexity index is 194. The van der Waals surface area contributed by atoms with Crippen LogP contribution in [-0.2, 0) is 4.79 Å². The summed E-state index contributed by atoms with van der Waals surface area (Å²) in [4.78, 5) is 10.6. The molecule has 14 heavy (non-hydrogen) atoms. The van der Waals surface area contributed by atoms with Gasteiger partial charge in [0.25, 0.3) is 0 Å². The fourth-order valence-electron chi connectivity index (χ4n) is 2.49. The van der Waals surface area contributed by atoms with E-state index < -0.39 is 12.1 Å². The van der Waals surface area contributed by atoms with Crippen molar-refractivity contribution in [3.63, 3.8) is 0 Å². The average molecular weight is 202 g/mol. The molecule has 0 saturated heterocycles. The van der Waals surface area contributed by atoms with E-state index in [1.54, 1.807) is 0 Å². The first-order valence-corrected chi connectivity index (χ1v) is 5.53. The van der Waals surface area contributed by atoms with Gasteiger partial charge in [0.05, 0.1) is 0 Å². The molecule has 0 amide bonds. The lowest BCUT2D eigenvalue weighted by Gasteiger charge is -2.24. The first-order valence-electron chi connectivity index (χ1n) is 5.53. The Kier molecular flexibility index (Phi) is 4.36. The highest BCUT2D eigenvalue weighted by atomic mass is 19.1. The number of carboxylic acids is 1.